The number of thiophene rings is 1. The zero-order chi connectivity index (χ0) is 10.6. The molecule has 3 nitrogen and oxygen atoms in total. The molecule has 0 saturated heterocycles. The molecular formula is C9H13Cl2NO2S. The molecule has 0 saturated carbocycles. The molecule has 86 valence electrons. The molecule has 1 atom stereocenters. The SMILES string of the molecule is CCOC(=O)C[C@H](N)c1sccc1Cl.Cl. The van der Waals surface area contributed by atoms with E-state index in [1.54, 1.807) is 13.0 Å². The van der Waals surface area contributed by atoms with Crippen LogP contribution in [0, 0.1) is 0 Å². The minimum absolute atomic E-state index is 0. The minimum atomic E-state index is -0.360. The highest BCUT2D eigenvalue weighted by Crippen LogP contribution is 2.28. The quantitative estimate of drug-likeness (QED) is 0.856. The maximum Gasteiger partial charge on any atom is 0.307 e. The van der Waals surface area contributed by atoms with Crippen molar-refractivity contribution in [2.45, 2.75) is 19.4 Å². The third-order valence-corrected chi connectivity index (χ3v) is 3.16. The summed E-state index contributed by atoms with van der Waals surface area (Å²) in [6, 6.07) is 1.41. The van der Waals surface area contributed by atoms with E-state index in [9.17, 15) is 4.79 Å². The molecule has 2 N–H and O–H groups in total. The molecule has 0 amide bonds. The molecule has 6 heteroatoms. The number of esters is 1. The van der Waals surface area contributed by atoms with Crippen LogP contribution in [-0.4, -0.2) is 12.6 Å². The fourth-order valence-electron chi connectivity index (χ4n) is 1.06. The van der Waals surface area contributed by atoms with Crippen molar-refractivity contribution in [2.24, 2.45) is 5.73 Å². The highest BCUT2D eigenvalue weighted by atomic mass is 35.5. The van der Waals surface area contributed by atoms with E-state index in [4.69, 9.17) is 22.1 Å². The molecule has 0 spiro atoms. The third-order valence-electron chi connectivity index (χ3n) is 1.67. The lowest BCUT2D eigenvalue weighted by atomic mass is 10.2. The van der Waals surface area contributed by atoms with Crippen molar-refractivity contribution < 1.29 is 9.53 Å². The van der Waals surface area contributed by atoms with Gasteiger partial charge in [0, 0.05) is 4.88 Å². The summed E-state index contributed by atoms with van der Waals surface area (Å²) in [4.78, 5) is 12.0. The summed E-state index contributed by atoms with van der Waals surface area (Å²) in [6.07, 6.45) is 0.175. The van der Waals surface area contributed by atoms with Gasteiger partial charge in [0.1, 0.15) is 0 Å². The number of hydrogen-bond donors (Lipinski definition) is 1. The normalized spacial score (nSPS) is 11.7. The van der Waals surface area contributed by atoms with Crippen LogP contribution in [0.5, 0.6) is 0 Å². The standard InChI is InChI=1S/C9H12ClNO2S.ClH/c1-2-13-8(12)5-7(11)9-6(10)3-4-14-9;/h3-4,7H,2,5,11H2,1H3;1H/t7-;/m0./s1. The Labute approximate surface area is 104 Å². The van der Waals surface area contributed by atoms with Crippen molar-refractivity contribution in [1.82, 2.24) is 0 Å². The maximum atomic E-state index is 11.1. The van der Waals surface area contributed by atoms with Gasteiger partial charge >= 0.3 is 5.97 Å². The van der Waals surface area contributed by atoms with Gasteiger partial charge in [0.2, 0.25) is 0 Å². The molecular weight excluding hydrogens is 257 g/mol. The van der Waals surface area contributed by atoms with Crippen LogP contribution in [0.4, 0.5) is 0 Å². The lowest BCUT2D eigenvalue weighted by molar-refractivity contribution is -0.143. The molecule has 15 heavy (non-hydrogen) atoms. The van der Waals surface area contributed by atoms with Gasteiger partial charge < -0.3 is 10.5 Å². The van der Waals surface area contributed by atoms with Gasteiger partial charge in [-0.15, -0.1) is 23.7 Å². The predicted octanol–water partition coefficient (Wildman–Crippen LogP) is 2.78. The van der Waals surface area contributed by atoms with Crippen molar-refractivity contribution in [3.63, 3.8) is 0 Å². The Morgan fingerprint density at radius 1 is 1.73 bits per heavy atom. The zero-order valence-electron chi connectivity index (χ0n) is 8.23. The van der Waals surface area contributed by atoms with Gasteiger partial charge in [-0.2, -0.15) is 0 Å². The molecule has 0 radical (unpaired) electrons. The molecule has 0 fully saturated rings. The van der Waals surface area contributed by atoms with Crippen LogP contribution in [0.2, 0.25) is 5.02 Å². The lowest BCUT2D eigenvalue weighted by Gasteiger charge is -2.09. The van der Waals surface area contributed by atoms with Crippen LogP contribution in [-0.2, 0) is 9.53 Å². The Hall–Kier alpha value is -0.290. The summed E-state index contributed by atoms with van der Waals surface area (Å²) in [5, 5.41) is 2.47. The predicted molar refractivity (Wildman–Crippen MR) is 64.8 cm³/mol. The Balaban J connectivity index is 0.00000196. The molecule has 0 bridgehead atoms. The van der Waals surface area contributed by atoms with Crippen LogP contribution >= 0.6 is 35.3 Å². The second kappa shape index (κ2) is 7.06. The molecule has 1 rings (SSSR count). The van der Waals surface area contributed by atoms with Gasteiger partial charge in [-0.3, -0.25) is 4.79 Å². The number of hydrogen-bond acceptors (Lipinski definition) is 4. The van der Waals surface area contributed by atoms with Crippen LogP contribution in [0.15, 0.2) is 11.4 Å². The highest BCUT2D eigenvalue weighted by Gasteiger charge is 2.16. The first-order chi connectivity index (χ1) is 6.65. The zero-order valence-corrected chi connectivity index (χ0v) is 10.6. The smallest absolute Gasteiger partial charge is 0.307 e. The minimum Gasteiger partial charge on any atom is -0.466 e. The fourth-order valence-corrected chi connectivity index (χ4v) is 2.26. The monoisotopic (exact) mass is 269 g/mol. The first kappa shape index (κ1) is 14.7. The summed E-state index contributed by atoms with van der Waals surface area (Å²) in [7, 11) is 0. The molecule has 1 aromatic heterocycles. The van der Waals surface area contributed by atoms with Crippen molar-refractivity contribution in [3.8, 4) is 0 Å². The number of ether oxygens (including phenoxy) is 1. The summed E-state index contributed by atoms with van der Waals surface area (Å²) < 4.78 is 4.79. The number of nitrogens with two attached hydrogens (primary N) is 1. The molecule has 0 aliphatic rings. The van der Waals surface area contributed by atoms with Crippen molar-refractivity contribution >= 4 is 41.3 Å². The topological polar surface area (TPSA) is 52.3 Å². The first-order valence-corrected chi connectivity index (χ1v) is 5.55. The van der Waals surface area contributed by atoms with Gasteiger partial charge in [0.15, 0.2) is 0 Å². The van der Waals surface area contributed by atoms with E-state index in [2.05, 4.69) is 0 Å². The van der Waals surface area contributed by atoms with E-state index in [0.29, 0.717) is 11.6 Å². The summed E-state index contributed by atoms with van der Waals surface area (Å²) in [5.74, 6) is -0.288. The van der Waals surface area contributed by atoms with Crippen LogP contribution in [0.1, 0.15) is 24.3 Å². The van der Waals surface area contributed by atoms with Crippen LogP contribution in [0.25, 0.3) is 0 Å². The highest BCUT2D eigenvalue weighted by molar-refractivity contribution is 7.10. The Bertz CT molecular complexity index is 317. The molecule has 1 heterocycles. The van der Waals surface area contributed by atoms with Crippen LogP contribution in [0.3, 0.4) is 0 Å². The van der Waals surface area contributed by atoms with E-state index in [1.165, 1.54) is 11.3 Å². The Morgan fingerprint density at radius 2 is 2.40 bits per heavy atom. The lowest BCUT2D eigenvalue weighted by Crippen LogP contribution is -2.16. The van der Waals surface area contributed by atoms with Crippen molar-refractivity contribution in [1.29, 1.82) is 0 Å². The van der Waals surface area contributed by atoms with E-state index < -0.39 is 0 Å². The molecule has 0 aliphatic heterocycles. The first-order valence-electron chi connectivity index (χ1n) is 4.29. The number of carbonyl (C=O) groups is 1. The number of halogens is 2. The second-order valence-electron chi connectivity index (χ2n) is 2.75. The van der Waals surface area contributed by atoms with E-state index >= 15 is 0 Å². The van der Waals surface area contributed by atoms with Gasteiger partial charge in [-0.05, 0) is 18.4 Å². The average Bonchev–Trinajstić information content (AvgIpc) is 2.51. The van der Waals surface area contributed by atoms with E-state index in [1.807, 2.05) is 5.38 Å². The Morgan fingerprint density at radius 3 is 2.87 bits per heavy atom. The van der Waals surface area contributed by atoms with E-state index in [0.717, 1.165) is 4.88 Å². The fraction of sp³-hybridized carbons (Fsp3) is 0.444. The number of rotatable bonds is 4. The van der Waals surface area contributed by atoms with Crippen molar-refractivity contribution in [2.75, 3.05) is 6.61 Å². The van der Waals surface area contributed by atoms with Gasteiger partial charge in [-0.25, -0.2) is 0 Å². The summed E-state index contributed by atoms with van der Waals surface area (Å²) in [5.41, 5.74) is 5.80. The summed E-state index contributed by atoms with van der Waals surface area (Å²) >= 11 is 7.33. The largest absolute Gasteiger partial charge is 0.466 e. The second-order valence-corrected chi connectivity index (χ2v) is 4.10. The van der Waals surface area contributed by atoms with Gasteiger partial charge in [0.05, 0.1) is 24.1 Å². The molecule has 0 aliphatic carbocycles. The van der Waals surface area contributed by atoms with E-state index in [-0.39, 0.29) is 30.8 Å². The summed E-state index contributed by atoms with van der Waals surface area (Å²) in [6.45, 7) is 2.14. The number of carbonyl (C=O) groups excluding carboxylic acids is 1. The molecule has 0 unspecified atom stereocenters. The van der Waals surface area contributed by atoms with Gasteiger partial charge in [-0.1, -0.05) is 11.6 Å². The maximum absolute atomic E-state index is 11.1. The van der Waals surface area contributed by atoms with Crippen molar-refractivity contribution in [3.05, 3.63) is 21.3 Å². The third kappa shape index (κ3) is 4.38. The van der Waals surface area contributed by atoms with Crippen LogP contribution < -0.4 is 5.73 Å². The molecule has 0 aromatic carbocycles. The Kier molecular flexibility index (Phi) is 6.92. The molecule has 1 aromatic rings. The average molecular weight is 270 g/mol. The van der Waals surface area contributed by atoms with Gasteiger partial charge in [0.25, 0.3) is 0 Å².